The number of amides is 1. The maximum absolute atomic E-state index is 9.44. The van der Waals surface area contributed by atoms with Gasteiger partial charge in [0.1, 0.15) is 0 Å². The topological polar surface area (TPSA) is 41.1 Å². The Labute approximate surface area is 42.1 Å². The Hall–Kier alpha value is -1.01. The highest BCUT2D eigenvalue weighted by Crippen LogP contribution is 1.40. The monoisotopic (exact) mass is 98.0 g/mol. The molecule has 0 saturated carbocycles. The second kappa shape index (κ2) is 4.99. The van der Waals surface area contributed by atoms with Crippen LogP contribution in [0.3, 0.4) is 0 Å². The maximum atomic E-state index is 9.44. The number of carbonyl (C=O) groups is 1. The van der Waals surface area contributed by atoms with Crippen molar-refractivity contribution in [3.8, 4) is 12.3 Å². The lowest BCUT2D eigenvalue weighted by molar-refractivity contribution is -0.110. The summed E-state index contributed by atoms with van der Waals surface area (Å²) in [6.07, 6.45) is 5.33. The van der Waals surface area contributed by atoms with Crippen LogP contribution in [0.2, 0.25) is 0 Å². The first-order valence-corrected chi connectivity index (χ1v) is 1.77. The van der Waals surface area contributed by atoms with Crippen LogP contribution < -0.4 is 10.9 Å². The van der Waals surface area contributed by atoms with Crippen molar-refractivity contribution >= 4 is 6.41 Å². The predicted molar refractivity (Wildman–Crippen MR) is 26.0 cm³/mol. The van der Waals surface area contributed by atoms with Gasteiger partial charge in [0.25, 0.3) is 0 Å². The standard InChI is InChI=1S/C4H6N2O/c1-2-3-5-6-4-7/h1,4-5H,3H2,(H,6,7). The Kier molecular flexibility index (Phi) is 4.27. The fourth-order valence-corrected chi connectivity index (χ4v) is 0.144. The number of terminal acetylenes is 1. The zero-order chi connectivity index (χ0) is 5.54. The Bertz CT molecular complexity index is 84.2. The highest BCUT2D eigenvalue weighted by atomic mass is 16.1. The number of nitrogens with one attached hydrogen (secondary N) is 2. The minimum absolute atomic E-state index is 0.360. The number of hydrogen-bond acceptors (Lipinski definition) is 2. The molecule has 0 atom stereocenters. The summed E-state index contributed by atoms with van der Waals surface area (Å²) in [7, 11) is 0. The Morgan fingerprint density at radius 2 is 2.57 bits per heavy atom. The lowest BCUT2D eigenvalue weighted by Crippen LogP contribution is -2.30. The fourth-order valence-electron chi connectivity index (χ4n) is 0.144. The number of carbonyl (C=O) groups excluding carboxylic acids is 1. The van der Waals surface area contributed by atoms with Gasteiger partial charge in [-0.25, -0.2) is 5.43 Å². The van der Waals surface area contributed by atoms with Crippen molar-refractivity contribution in [2.24, 2.45) is 0 Å². The predicted octanol–water partition coefficient (Wildman–Crippen LogP) is -1.13. The zero-order valence-electron chi connectivity index (χ0n) is 3.77. The Morgan fingerprint density at radius 3 is 3.00 bits per heavy atom. The van der Waals surface area contributed by atoms with Crippen LogP contribution in [-0.4, -0.2) is 13.0 Å². The van der Waals surface area contributed by atoms with Gasteiger partial charge in [0, 0.05) is 0 Å². The third-order valence-corrected chi connectivity index (χ3v) is 0.351. The van der Waals surface area contributed by atoms with Crippen LogP contribution in [0.5, 0.6) is 0 Å². The minimum atomic E-state index is 0.360. The first kappa shape index (κ1) is 5.99. The van der Waals surface area contributed by atoms with Crippen LogP contribution in [0.1, 0.15) is 0 Å². The molecule has 7 heavy (non-hydrogen) atoms. The molecule has 0 rings (SSSR count). The van der Waals surface area contributed by atoms with E-state index in [1.165, 1.54) is 0 Å². The third-order valence-electron chi connectivity index (χ3n) is 0.351. The Morgan fingerprint density at radius 1 is 1.86 bits per heavy atom. The summed E-state index contributed by atoms with van der Waals surface area (Å²) in [5.41, 5.74) is 4.61. The van der Waals surface area contributed by atoms with Gasteiger partial charge in [0.2, 0.25) is 6.41 Å². The molecule has 0 spiro atoms. The zero-order valence-corrected chi connectivity index (χ0v) is 3.77. The van der Waals surface area contributed by atoms with Crippen LogP contribution in [0, 0.1) is 12.3 Å². The minimum Gasteiger partial charge on any atom is -0.293 e. The molecule has 0 aliphatic carbocycles. The van der Waals surface area contributed by atoms with E-state index in [1.807, 2.05) is 0 Å². The van der Waals surface area contributed by atoms with E-state index < -0.39 is 0 Å². The van der Waals surface area contributed by atoms with Crippen LogP contribution in [-0.2, 0) is 4.79 Å². The van der Waals surface area contributed by atoms with E-state index in [0.717, 1.165) is 0 Å². The molecule has 0 radical (unpaired) electrons. The van der Waals surface area contributed by atoms with E-state index in [9.17, 15) is 4.79 Å². The van der Waals surface area contributed by atoms with Crippen molar-refractivity contribution in [1.82, 2.24) is 10.9 Å². The van der Waals surface area contributed by atoms with Crippen LogP contribution in [0.4, 0.5) is 0 Å². The molecule has 3 nitrogen and oxygen atoms in total. The second-order valence-electron chi connectivity index (χ2n) is 0.820. The first-order chi connectivity index (χ1) is 3.41. The van der Waals surface area contributed by atoms with Crippen molar-refractivity contribution in [2.45, 2.75) is 0 Å². The molecule has 0 aromatic carbocycles. The van der Waals surface area contributed by atoms with E-state index in [-0.39, 0.29) is 0 Å². The molecule has 0 aromatic heterocycles. The summed E-state index contributed by atoms with van der Waals surface area (Å²) in [6.45, 7) is 0.360. The second-order valence-corrected chi connectivity index (χ2v) is 0.820. The number of rotatable bonds is 3. The third kappa shape index (κ3) is 4.99. The molecule has 38 valence electrons. The lowest BCUT2D eigenvalue weighted by Gasteiger charge is -1.90. The van der Waals surface area contributed by atoms with Gasteiger partial charge in [-0.15, -0.1) is 6.42 Å². The van der Waals surface area contributed by atoms with E-state index >= 15 is 0 Å². The molecule has 0 aliphatic heterocycles. The SMILES string of the molecule is C#CCNNC=O. The van der Waals surface area contributed by atoms with Gasteiger partial charge in [-0.2, -0.15) is 0 Å². The molecule has 0 heterocycles. The van der Waals surface area contributed by atoms with Crippen molar-refractivity contribution in [1.29, 1.82) is 0 Å². The molecule has 0 saturated heterocycles. The van der Waals surface area contributed by atoms with Crippen LogP contribution >= 0.6 is 0 Å². The molecule has 0 unspecified atom stereocenters. The van der Waals surface area contributed by atoms with E-state index in [4.69, 9.17) is 6.42 Å². The van der Waals surface area contributed by atoms with Gasteiger partial charge in [-0.05, 0) is 0 Å². The summed E-state index contributed by atoms with van der Waals surface area (Å²) in [4.78, 5) is 9.44. The molecule has 2 N–H and O–H groups in total. The van der Waals surface area contributed by atoms with Crippen LogP contribution in [0.15, 0.2) is 0 Å². The summed E-state index contributed by atoms with van der Waals surface area (Å²) in [5.74, 6) is 2.27. The first-order valence-electron chi connectivity index (χ1n) is 1.77. The molecule has 0 fully saturated rings. The van der Waals surface area contributed by atoms with Gasteiger partial charge in [0.05, 0.1) is 6.54 Å². The average Bonchev–Trinajstić information content (AvgIpc) is 1.69. The highest BCUT2D eigenvalue weighted by Gasteiger charge is 1.68. The van der Waals surface area contributed by atoms with Crippen molar-refractivity contribution in [3.05, 3.63) is 0 Å². The summed E-state index contributed by atoms with van der Waals surface area (Å²) in [6, 6.07) is 0. The molecule has 0 aliphatic rings. The van der Waals surface area contributed by atoms with E-state index in [1.54, 1.807) is 0 Å². The maximum Gasteiger partial charge on any atom is 0.221 e. The summed E-state index contributed by atoms with van der Waals surface area (Å²) >= 11 is 0. The molecule has 0 aromatic rings. The summed E-state index contributed by atoms with van der Waals surface area (Å²) in [5, 5.41) is 0. The van der Waals surface area contributed by atoms with E-state index in [2.05, 4.69) is 16.8 Å². The van der Waals surface area contributed by atoms with Gasteiger partial charge < -0.3 is 0 Å². The summed E-state index contributed by atoms with van der Waals surface area (Å²) < 4.78 is 0. The van der Waals surface area contributed by atoms with Gasteiger partial charge >= 0.3 is 0 Å². The molecule has 3 heteroatoms. The van der Waals surface area contributed by atoms with Gasteiger partial charge in [0.15, 0.2) is 0 Å². The van der Waals surface area contributed by atoms with Crippen molar-refractivity contribution in [2.75, 3.05) is 6.54 Å². The quantitative estimate of drug-likeness (QED) is 0.203. The fraction of sp³-hybridized carbons (Fsp3) is 0.250. The van der Waals surface area contributed by atoms with Gasteiger partial charge in [-0.1, -0.05) is 5.92 Å². The Balaban J connectivity index is 2.72. The molecule has 1 amide bonds. The number of hydrogen-bond donors (Lipinski definition) is 2. The molecule has 0 bridgehead atoms. The normalized spacial score (nSPS) is 6.71. The van der Waals surface area contributed by atoms with Gasteiger partial charge in [-0.3, -0.25) is 10.2 Å². The highest BCUT2D eigenvalue weighted by molar-refractivity contribution is 5.44. The average molecular weight is 98.1 g/mol. The largest absolute Gasteiger partial charge is 0.293 e. The lowest BCUT2D eigenvalue weighted by atomic mass is 10.7. The van der Waals surface area contributed by atoms with Crippen molar-refractivity contribution in [3.63, 3.8) is 0 Å². The number of hydrazine groups is 1. The van der Waals surface area contributed by atoms with Crippen molar-refractivity contribution < 1.29 is 4.79 Å². The molecular formula is C4H6N2O. The molecular weight excluding hydrogens is 92.1 g/mol. The van der Waals surface area contributed by atoms with Crippen LogP contribution in [0.25, 0.3) is 0 Å². The van der Waals surface area contributed by atoms with E-state index in [0.29, 0.717) is 13.0 Å². The smallest absolute Gasteiger partial charge is 0.221 e.